The maximum Gasteiger partial charge on any atom is 0.246 e. The maximum atomic E-state index is 11.6. The van der Waals surface area contributed by atoms with Gasteiger partial charge in [0.25, 0.3) is 0 Å². The van der Waals surface area contributed by atoms with Gasteiger partial charge in [-0.3, -0.25) is 14.8 Å². The fourth-order valence-corrected chi connectivity index (χ4v) is 2.90. The zero-order chi connectivity index (χ0) is 12.5. The van der Waals surface area contributed by atoms with Gasteiger partial charge in [0.05, 0.1) is 15.7 Å². The fourth-order valence-electron chi connectivity index (χ4n) is 1.75. The van der Waals surface area contributed by atoms with Crippen LogP contribution in [0.5, 0.6) is 0 Å². The number of aliphatic imine (C=N–C) groups is 1. The maximum absolute atomic E-state index is 11.6. The molecule has 2 aromatic heterocycles. The highest BCUT2D eigenvalue weighted by molar-refractivity contribution is 7.20. The summed E-state index contributed by atoms with van der Waals surface area (Å²) >= 11 is 7.33. The van der Waals surface area contributed by atoms with Crippen LogP contribution in [-0.4, -0.2) is 23.1 Å². The summed E-state index contributed by atoms with van der Waals surface area (Å²) in [5.41, 5.74) is 2.27. The molecule has 3 heterocycles. The Morgan fingerprint density at radius 3 is 3.06 bits per heavy atom. The second kappa shape index (κ2) is 4.51. The molecule has 0 fully saturated rings. The first-order valence-corrected chi connectivity index (χ1v) is 6.49. The minimum atomic E-state index is -0.138. The number of nitrogens with zero attached hydrogens (tertiary/aromatic N) is 2. The van der Waals surface area contributed by atoms with E-state index in [0.29, 0.717) is 10.0 Å². The van der Waals surface area contributed by atoms with E-state index in [0.717, 1.165) is 16.3 Å². The van der Waals surface area contributed by atoms with Gasteiger partial charge in [0.2, 0.25) is 5.91 Å². The lowest BCUT2D eigenvalue weighted by Crippen LogP contribution is -2.12. The largest absolute Gasteiger partial charge is 0.315 e. The zero-order valence-electron chi connectivity index (χ0n) is 9.18. The lowest BCUT2D eigenvalue weighted by molar-refractivity contribution is -0.114. The van der Waals surface area contributed by atoms with E-state index in [1.165, 1.54) is 11.3 Å². The van der Waals surface area contributed by atoms with Gasteiger partial charge in [-0.15, -0.1) is 11.3 Å². The SMILES string of the molecule is O=C1CN=C(c2ccccn2)c2cc(Cl)sc2N1. The molecular weight excluding hydrogens is 270 g/mol. The Hall–Kier alpha value is -1.72. The van der Waals surface area contributed by atoms with Crippen LogP contribution < -0.4 is 5.32 Å². The second-order valence-corrected chi connectivity index (χ2v) is 5.40. The van der Waals surface area contributed by atoms with Crippen LogP contribution in [0.25, 0.3) is 0 Å². The van der Waals surface area contributed by atoms with Crippen LogP contribution in [0, 0.1) is 0 Å². The average Bonchev–Trinajstić information content (AvgIpc) is 2.64. The van der Waals surface area contributed by atoms with Crippen molar-refractivity contribution >= 4 is 39.6 Å². The van der Waals surface area contributed by atoms with E-state index in [4.69, 9.17) is 11.6 Å². The van der Waals surface area contributed by atoms with E-state index in [-0.39, 0.29) is 12.5 Å². The molecule has 6 heteroatoms. The number of carbonyl (C=O) groups excluding carboxylic acids is 1. The lowest BCUT2D eigenvalue weighted by atomic mass is 10.1. The Morgan fingerprint density at radius 2 is 2.28 bits per heavy atom. The van der Waals surface area contributed by atoms with Crippen molar-refractivity contribution < 1.29 is 4.79 Å². The molecule has 0 saturated carbocycles. The molecule has 1 aliphatic heterocycles. The molecule has 1 aliphatic rings. The summed E-state index contributed by atoms with van der Waals surface area (Å²) in [6.07, 6.45) is 1.70. The second-order valence-electron chi connectivity index (χ2n) is 3.72. The van der Waals surface area contributed by atoms with Gasteiger partial charge in [-0.25, -0.2) is 0 Å². The Kier molecular flexibility index (Phi) is 2.85. The van der Waals surface area contributed by atoms with Crippen molar-refractivity contribution in [1.29, 1.82) is 0 Å². The average molecular weight is 278 g/mol. The van der Waals surface area contributed by atoms with Crippen molar-refractivity contribution in [3.05, 3.63) is 46.1 Å². The van der Waals surface area contributed by atoms with Gasteiger partial charge in [0.1, 0.15) is 11.5 Å². The van der Waals surface area contributed by atoms with E-state index in [1.807, 2.05) is 18.2 Å². The predicted octanol–water partition coefficient (Wildman–Crippen LogP) is 2.59. The number of hydrogen-bond acceptors (Lipinski definition) is 4. The summed E-state index contributed by atoms with van der Waals surface area (Å²) in [4.78, 5) is 20.1. The molecule has 0 bridgehead atoms. The highest BCUT2D eigenvalue weighted by Crippen LogP contribution is 2.34. The van der Waals surface area contributed by atoms with Crippen LogP contribution in [0.3, 0.4) is 0 Å². The van der Waals surface area contributed by atoms with Gasteiger partial charge in [-0.1, -0.05) is 17.7 Å². The third-order valence-corrected chi connectivity index (χ3v) is 3.68. The molecule has 90 valence electrons. The van der Waals surface area contributed by atoms with Crippen LogP contribution >= 0.6 is 22.9 Å². The van der Waals surface area contributed by atoms with Crippen molar-refractivity contribution in [1.82, 2.24) is 4.98 Å². The summed E-state index contributed by atoms with van der Waals surface area (Å²) in [7, 11) is 0. The fraction of sp³-hybridized carbons (Fsp3) is 0.0833. The molecule has 0 aromatic carbocycles. The van der Waals surface area contributed by atoms with Crippen LogP contribution in [0.2, 0.25) is 4.34 Å². The Morgan fingerprint density at radius 1 is 1.39 bits per heavy atom. The topological polar surface area (TPSA) is 54.4 Å². The monoisotopic (exact) mass is 277 g/mol. The van der Waals surface area contributed by atoms with Gasteiger partial charge in [0.15, 0.2) is 0 Å². The van der Waals surface area contributed by atoms with Crippen molar-refractivity contribution in [2.75, 3.05) is 11.9 Å². The number of halogens is 1. The molecule has 1 amide bonds. The van der Waals surface area contributed by atoms with E-state index < -0.39 is 0 Å². The lowest BCUT2D eigenvalue weighted by Gasteiger charge is -2.03. The van der Waals surface area contributed by atoms with Crippen LogP contribution in [-0.2, 0) is 4.79 Å². The number of anilines is 1. The number of carbonyl (C=O) groups is 1. The number of amides is 1. The summed E-state index contributed by atoms with van der Waals surface area (Å²) in [5.74, 6) is -0.138. The number of hydrogen-bond donors (Lipinski definition) is 1. The Balaban J connectivity index is 2.16. The highest BCUT2D eigenvalue weighted by Gasteiger charge is 2.21. The van der Waals surface area contributed by atoms with E-state index in [1.54, 1.807) is 12.3 Å². The first-order chi connectivity index (χ1) is 8.74. The minimum absolute atomic E-state index is 0.102. The molecule has 0 radical (unpaired) electrons. The molecule has 1 N–H and O–H groups in total. The summed E-state index contributed by atoms with van der Waals surface area (Å²) in [6.45, 7) is 0.102. The van der Waals surface area contributed by atoms with Crippen molar-refractivity contribution in [3.8, 4) is 0 Å². The van der Waals surface area contributed by atoms with Crippen LogP contribution in [0.15, 0.2) is 35.5 Å². The number of pyridine rings is 1. The summed E-state index contributed by atoms with van der Waals surface area (Å²) < 4.78 is 0.617. The van der Waals surface area contributed by atoms with E-state index in [2.05, 4.69) is 15.3 Å². The number of thiophene rings is 1. The van der Waals surface area contributed by atoms with Crippen LogP contribution in [0.1, 0.15) is 11.3 Å². The number of aromatic nitrogens is 1. The molecule has 0 aliphatic carbocycles. The van der Waals surface area contributed by atoms with Crippen molar-refractivity contribution in [2.24, 2.45) is 4.99 Å². The molecule has 2 aromatic rings. The predicted molar refractivity (Wildman–Crippen MR) is 72.7 cm³/mol. The standard InChI is InChI=1S/C12H8ClN3OS/c13-9-5-7-11(8-3-1-2-4-14-8)15-6-10(17)16-12(7)18-9/h1-5H,6H2,(H,16,17). The first kappa shape index (κ1) is 11.4. The number of rotatable bonds is 1. The minimum Gasteiger partial charge on any atom is -0.315 e. The molecule has 0 saturated heterocycles. The molecule has 0 unspecified atom stereocenters. The van der Waals surface area contributed by atoms with Gasteiger partial charge in [0, 0.05) is 11.8 Å². The Bertz CT molecular complexity index is 636. The van der Waals surface area contributed by atoms with E-state index >= 15 is 0 Å². The van der Waals surface area contributed by atoms with Gasteiger partial charge in [-0.2, -0.15) is 0 Å². The van der Waals surface area contributed by atoms with Crippen molar-refractivity contribution in [2.45, 2.75) is 0 Å². The van der Waals surface area contributed by atoms with Gasteiger partial charge >= 0.3 is 0 Å². The quantitative estimate of drug-likeness (QED) is 0.871. The number of nitrogens with one attached hydrogen (secondary N) is 1. The summed E-state index contributed by atoms with van der Waals surface area (Å²) in [6, 6.07) is 7.40. The number of fused-ring (bicyclic) bond motifs is 1. The Labute approximate surface area is 112 Å². The highest BCUT2D eigenvalue weighted by atomic mass is 35.5. The third-order valence-electron chi connectivity index (χ3n) is 2.50. The molecule has 0 spiro atoms. The van der Waals surface area contributed by atoms with Crippen LogP contribution in [0.4, 0.5) is 5.00 Å². The van der Waals surface area contributed by atoms with Gasteiger partial charge < -0.3 is 5.32 Å². The molecule has 18 heavy (non-hydrogen) atoms. The normalized spacial score (nSPS) is 14.5. The summed E-state index contributed by atoms with van der Waals surface area (Å²) in [5, 5.41) is 3.52. The molecule has 3 rings (SSSR count). The zero-order valence-corrected chi connectivity index (χ0v) is 10.8. The molecular formula is C12H8ClN3OS. The first-order valence-electron chi connectivity index (χ1n) is 5.29. The van der Waals surface area contributed by atoms with Crippen molar-refractivity contribution in [3.63, 3.8) is 0 Å². The molecule has 0 atom stereocenters. The molecule has 4 nitrogen and oxygen atoms in total. The third kappa shape index (κ3) is 2.02. The van der Waals surface area contributed by atoms with Gasteiger partial charge in [-0.05, 0) is 18.2 Å². The smallest absolute Gasteiger partial charge is 0.246 e. The van der Waals surface area contributed by atoms with E-state index in [9.17, 15) is 4.79 Å².